The van der Waals surface area contributed by atoms with Gasteiger partial charge in [0.15, 0.2) is 12.7 Å². The summed E-state index contributed by atoms with van der Waals surface area (Å²) in [4.78, 5) is 11.8. The van der Waals surface area contributed by atoms with E-state index in [9.17, 15) is 4.79 Å². The van der Waals surface area contributed by atoms with Crippen LogP contribution >= 0.6 is 0 Å². The van der Waals surface area contributed by atoms with E-state index in [4.69, 9.17) is 9.47 Å². The average molecular weight is 258 g/mol. The van der Waals surface area contributed by atoms with E-state index in [0.717, 1.165) is 5.56 Å². The Bertz CT molecular complexity index is 567. The van der Waals surface area contributed by atoms with E-state index in [0.29, 0.717) is 18.0 Å². The van der Waals surface area contributed by atoms with Crippen LogP contribution in [0.4, 0.5) is 0 Å². The van der Waals surface area contributed by atoms with Gasteiger partial charge in [-0.2, -0.15) is 4.57 Å². The number of carbonyl (C=O) groups is 1. The average Bonchev–Trinajstić information content (AvgIpc) is 2.48. The maximum Gasteiger partial charge on any atom is 0.403 e. The number of hydrogen-bond acceptors (Lipinski definition) is 3. The fraction of sp³-hybridized carbons (Fsp3) is 0.200. The molecule has 2 aromatic rings. The maximum absolute atomic E-state index is 11.8. The highest BCUT2D eigenvalue weighted by Crippen LogP contribution is 2.10. The summed E-state index contributed by atoms with van der Waals surface area (Å²) in [5.41, 5.74) is 1.58. The molecule has 0 bridgehead atoms. The fourth-order valence-corrected chi connectivity index (χ4v) is 1.84. The zero-order valence-corrected chi connectivity index (χ0v) is 11.0. The summed E-state index contributed by atoms with van der Waals surface area (Å²) < 4.78 is 11.8. The summed E-state index contributed by atoms with van der Waals surface area (Å²) in [6.45, 7) is 0.606. The first-order valence-electron chi connectivity index (χ1n) is 5.94. The number of methoxy groups -OCH3 is 2. The van der Waals surface area contributed by atoms with Crippen molar-refractivity contribution >= 4 is 5.97 Å². The minimum absolute atomic E-state index is 0.380. The van der Waals surface area contributed by atoms with Crippen LogP contribution in [-0.4, -0.2) is 20.2 Å². The summed E-state index contributed by atoms with van der Waals surface area (Å²) in [6.07, 6.45) is 1.82. The third-order valence-electron chi connectivity index (χ3n) is 2.83. The van der Waals surface area contributed by atoms with E-state index in [2.05, 4.69) is 0 Å². The molecule has 4 heteroatoms. The number of benzene rings is 1. The van der Waals surface area contributed by atoms with Gasteiger partial charge in [-0.05, 0) is 0 Å². The molecule has 0 aliphatic heterocycles. The Hall–Kier alpha value is -2.36. The van der Waals surface area contributed by atoms with Gasteiger partial charge in [0.05, 0.1) is 20.3 Å². The quantitative estimate of drug-likeness (QED) is 0.620. The zero-order valence-electron chi connectivity index (χ0n) is 11.0. The predicted octanol–water partition coefficient (Wildman–Crippen LogP) is 1.82. The third kappa shape index (κ3) is 3.10. The highest BCUT2D eigenvalue weighted by atomic mass is 16.5. The largest absolute Gasteiger partial charge is 0.496 e. The Morgan fingerprint density at radius 3 is 2.53 bits per heavy atom. The number of nitrogens with zero attached hydrogens (tertiary/aromatic N) is 1. The minimum atomic E-state index is -0.380. The number of pyridine rings is 1. The Balaban J connectivity index is 2.36. The van der Waals surface area contributed by atoms with Crippen LogP contribution in [0.15, 0.2) is 48.7 Å². The van der Waals surface area contributed by atoms with Crippen molar-refractivity contribution in [3.8, 4) is 5.75 Å². The number of carbonyl (C=O) groups excluding carboxylic acids is 1. The van der Waals surface area contributed by atoms with Crippen molar-refractivity contribution in [3.63, 3.8) is 0 Å². The number of hydrogen-bond donors (Lipinski definition) is 0. The van der Waals surface area contributed by atoms with E-state index in [1.165, 1.54) is 7.11 Å². The molecular formula is C15H16NO3+. The Kier molecular flexibility index (Phi) is 4.13. The molecule has 2 rings (SSSR count). The molecule has 0 atom stereocenters. The van der Waals surface area contributed by atoms with E-state index >= 15 is 0 Å². The lowest BCUT2D eigenvalue weighted by Crippen LogP contribution is -2.41. The van der Waals surface area contributed by atoms with Gasteiger partial charge in [-0.15, -0.1) is 0 Å². The lowest BCUT2D eigenvalue weighted by atomic mass is 10.2. The Morgan fingerprint density at radius 2 is 1.89 bits per heavy atom. The fourth-order valence-electron chi connectivity index (χ4n) is 1.84. The van der Waals surface area contributed by atoms with E-state index in [1.54, 1.807) is 13.2 Å². The van der Waals surface area contributed by atoms with Crippen molar-refractivity contribution in [2.24, 2.45) is 0 Å². The van der Waals surface area contributed by atoms with Crippen LogP contribution in [0.25, 0.3) is 0 Å². The summed E-state index contributed by atoms with van der Waals surface area (Å²) in [5, 5.41) is 0. The standard InChI is InChI=1S/C15H16NO3/c1-18-13-8-9-16(14(10-13)15(17)19-2)11-12-6-4-3-5-7-12/h3-10H,11H2,1-2H3/q+1. The van der Waals surface area contributed by atoms with Gasteiger partial charge < -0.3 is 9.47 Å². The van der Waals surface area contributed by atoms with Crippen molar-refractivity contribution in [2.75, 3.05) is 14.2 Å². The second-order valence-electron chi connectivity index (χ2n) is 4.06. The number of esters is 1. The first-order chi connectivity index (χ1) is 9.24. The molecular weight excluding hydrogens is 242 g/mol. The summed E-state index contributed by atoms with van der Waals surface area (Å²) in [5.74, 6) is 0.250. The first-order valence-corrected chi connectivity index (χ1v) is 5.94. The molecule has 0 fully saturated rings. The SMILES string of the molecule is COC(=O)c1cc(OC)cc[n+]1Cc1ccccc1. The molecule has 0 aliphatic carbocycles. The van der Waals surface area contributed by atoms with Crippen molar-refractivity contribution in [1.82, 2.24) is 0 Å². The van der Waals surface area contributed by atoms with Crippen molar-refractivity contribution in [1.29, 1.82) is 0 Å². The van der Waals surface area contributed by atoms with Crippen LogP contribution in [-0.2, 0) is 11.3 Å². The number of ether oxygens (including phenoxy) is 2. The Morgan fingerprint density at radius 1 is 1.16 bits per heavy atom. The van der Waals surface area contributed by atoms with Gasteiger partial charge in [-0.3, -0.25) is 0 Å². The molecule has 0 aliphatic rings. The normalized spacial score (nSPS) is 10.0. The molecule has 1 heterocycles. The molecule has 0 N–H and O–H groups in total. The van der Waals surface area contributed by atoms with Crippen LogP contribution in [0.5, 0.6) is 5.75 Å². The van der Waals surface area contributed by atoms with Crippen molar-refractivity contribution in [2.45, 2.75) is 6.54 Å². The highest BCUT2D eigenvalue weighted by molar-refractivity contribution is 5.85. The van der Waals surface area contributed by atoms with Crippen LogP contribution in [0, 0.1) is 0 Å². The molecule has 1 aromatic carbocycles. The number of aromatic nitrogens is 1. The van der Waals surface area contributed by atoms with Gasteiger partial charge >= 0.3 is 5.97 Å². The maximum atomic E-state index is 11.8. The molecule has 1 aromatic heterocycles. The van der Waals surface area contributed by atoms with Gasteiger partial charge in [0.25, 0.3) is 5.69 Å². The van der Waals surface area contributed by atoms with Gasteiger partial charge in [0, 0.05) is 11.6 Å². The second-order valence-corrected chi connectivity index (χ2v) is 4.06. The van der Waals surface area contributed by atoms with Crippen molar-refractivity contribution in [3.05, 3.63) is 59.9 Å². The molecule has 0 amide bonds. The lowest BCUT2D eigenvalue weighted by Gasteiger charge is -2.05. The Labute approximate surface area is 112 Å². The first kappa shape index (κ1) is 13.1. The third-order valence-corrected chi connectivity index (χ3v) is 2.83. The lowest BCUT2D eigenvalue weighted by molar-refractivity contribution is -0.690. The van der Waals surface area contributed by atoms with Gasteiger partial charge in [0.1, 0.15) is 5.75 Å². The van der Waals surface area contributed by atoms with E-state index in [-0.39, 0.29) is 5.97 Å². The van der Waals surface area contributed by atoms with Crippen LogP contribution in [0.2, 0.25) is 0 Å². The summed E-state index contributed by atoms with van der Waals surface area (Å²) in [6, 6.07) is 13.4. The van der Waals surface area contributed by atoms with Crippen LogP contribution in [0.3, 0.4) is 0 Å². The van der Waals surface area contributed by atoms with Crippen LogP contribution < -0.4 is 9.30 Å². The molecule has 19 heavy (non-hydrogen) atoms. The molecule has 4 nitrogen and oxygen atoms in total. The van der Waals surface area contributed by atoms with Gasteiger partial charge in [-0.1, -0.05) is 30.3 Å². The molecule has 98 valence electrons. The van der Waals surface area contributed by atoms with Crippen LogP contribution in [0.1, 0.15) is 16.1 Å². The molecule has 0 saturated carbocycles. The van der Waals surface area contributed by atoms with Gasteiger partial charge in [-0.25, -0.2) is 4.79 Å². The van der Waals surface area contributed by atoms with E-state index < -0.39 is 0 Å². The molecule has 0 saturated heterocycles. The summed E-state index contributed by atoms with van der Waals surface area (Å²) >= 11 is 0. The smallest absolute Gasteiger partial charge is 0.403 e. The summed E-state index contributed by atoms with van der Waals surface area (Å²) in [7, 11) is 2.94. The molecule has 0 unspecified atom stereocenters. The van der Waals surface area contributed by atoms with E-state index in [1.807, 2.05) is 47.2 Å². The number of rotatable bonds is 4. The predicted molar refractivity (Wildman–Crippen MR) is 70.1 cm³/mol. The second kappa shape index (κ2) is 6.00. The van der Waals surface area contributed by atoms with Gasteiger partial charge in [0.2, 0.25) is 0 Å². The topological polar surface area (TPSA) is 39.4 Å². The molecule has 0 spiro atoms. The molecule has 0 radical (unpaired) electrons. The monoisotopic (exact) mass is 258 g/mol. The highest BCUT2D eigenvalue weighted by Gasteiger charge is 2.21. The van der Waals surface area contributed by atoms with Crippen molar-refractivity contribution < 1.29 is 18.8 Å². The minimum Gasteiger partial charge on any atom is -0.496 e. The zero-order chi connectivity index (χ0) is 13.7.